The quantitative estimate of drug-likeness (QED) is 0.566. The molecule has 5 rings (SSSR count). The van der Waals surface area contributed by atoms with Crippen molar-refractivity contribution < 1.29 is 5.11 Å². The molecule has 0 bridgehead atoms. The minimum Gasteiger partial charge on any atom is -0.508 e. The number of aromatic amines is 1. The van der Waals surface area contributed by atoms with E-state index in [2.05, 4.69) is 21.0 Å². The standard InChI is InChI=1S/C22H20N4O2/c27-16-9-5-8-15(12-16)20-23-13-18-21(25-20)26(22(28)24-18)19-11-4-3-10-17(19)14-6-1-2-7-14/h3-5,8-14,27H,1-2,6-7H2,(H,24,28). The molecule has 0 spiro atoms. The Morgan fingerprint density at radius 3 is 2.71 bits per heavy atom. The number of aromatic hydroxyl groups is 1. The average molecular weight is 372 g/mol. The van der Waals surface area contributed by atoms with Crippen LogP contribution in [0.15, 0.2) is 59.5 Å². The van der Waals surface area contributed by atoms with Gasteiger partial charge in [-0.25, -0.2) is 19.3 Å². The molecular weight excluding hydrogens is 352 g/mol. The molecule has 0 radical (unpaired) electrons. The number of hydrogen-bond donors (Lipinski definition) is 2. The first kappa shape index (κ1) is 16.7. The first-order chi connectivity index (χ1) is 13.7. The molecule has 28 heavy (non-hydrogen) atoms. The van der Waals surface area contributed by atoms with Crippen LogP contribution in [0.3, 0.4) is 0 Å². The van der Waals surface area contributed by atoms with Crippen molar-refractivity contribution in [2.45, 2.75) is 31.6 Å². The molecule has 0 atom stereocenters. The van der Waals surface area contributed by atoms with Crippen LogP contribution in [0.4, 0.5) is 0 Å². The number of H-pyrrole nitrogens is 1. The maximum Gasteiger partial charge on any atom is 0.332 e. The van der Waals surface area contributed by atoms with Crippen LogP contribution < -0.4 is 5.69 Å². The number of hydrogen-bond acceptors (Lipinski definition) is 4. The monoisotopic (exact) mass is 372 g/mol. The second-order valence-corrected chi connectivity index (χ2v) is 7.29. The van der Waals surface area contributed by atoms with Crippen LogP contribution in [0.5, 0.6) is 5.75 Å². The highest BCUT2D eigenvalue weighted by Gasteiger charge is 2.22. The minimum atomic E-state index is -0.220. The van der Waals surface area contributed by atoms with Gasteiger partial charge in [0, 0.05) is 5.56 Å². The predicted octanol–water partition coefficient (Wildman–Crippen LogP) is 4.14. The van der Waals surface area contributed by atoms with E-state index >= 15 is 0 Å². The van der Waals surface area contributed by atoms with E-state index in [4.69, 9.17) is 0 Å². The van der Waals surface area contributed by atoms with Gasteiger partial charge in [-0.05, 0) is 42.5 Å². The van der Waals surface area contributed by atoms with Crippen molar-refractivity contribution in [1.82, 2.24) is 19.5 Å². The topological polar surface area (TPSA) is 83.8 Å². The van der Waals surface area contributed by atoms with Gasteiger partial charge in [0.05, 0.1) is 11.9 Å². The highest BCUT2D eigenvalue weighted by Crippen LogP contribution is 2.37. The fourth-order valence-electron chi connectivity index (χ4n) is 4.18. The number of imidazole rings is 1. The third kappa shape index (κ3) is 2.78. The van der Waals surface area contributed by atoms with Gasteiger partial charge in [0.15, 0.2) is 11.5 Å². The summed E-state index contributed by atoms with van der Waals surface area (Å²) in [7, 11) is 0. The van der Waals surface area contributed by atoms with Crippen LogP contribution in [-0.2, 0) is 0 Å². The lowest BCUT2D eigenvalue weighted by molar-refractivity contribution is 0.475. The molecule has 2 heterocycles. The summed E-state index contributed by atoms with van der Waals surface area (Å²) in [4.78, 5) is 24.7. The Labute approximate surface area is 161 Å². The molecule has 1 aliphatic rings. The van der Waals surface area contributed by atoms with Crippen molar-refractivity contribution in [1.29, 1.82) is 0 Å². The number of nitrogens with one attached hydrogen (secondary N) is 1. The molecule has 2 aromatic carbocycles. The van der Waals surface area contributed by atoms with E-state index in [0.29, 0.717) is 28.5 Å². The third-order valence-corrected chi connectivity index (χ3v) is 5.50. The average Bonchev–Trinajstić information content (AvgIpc) is 3.34. The molecule has 2 aromatic heterocycles. The fourth-order valence-corrected chi connectivity index (χ4v) is 4.18. The molecule has 0 unspecified atom stereocenters. The summed E-state index contributed by atoms with van der Waals surface area (Å²) in [5.41, 5.74) is 3.69. The van der Waals surface area contributed by atoms with Gasteiger partial charge in [0.2, 0.25) is 0 Å². The molecule has 4 aromatic rings. The van der Waals surface area contributed by atoms with Crippen molar-refractivity contribution in [3.63, 3.8) is 0 Å². The van der Waals surface area contributed by atoms with Crippen LogP contribution in [0, 0.1) is 0 Å². The number of fused-ring (bicyclic) bond motifs is 1. The first-order valence-corrected chi connectivity index (χ1v) is 9.57. The molecule has 2 N–H and O–H groups in total. The van der Waals surface area contributed by atoms with Crippen molar-refractivity contribution in [3.8, 4) is 22.8 Å². The Morgan fingerprint density at radius 1 is 1.07 bits per heavy atom. The van der Waals surface area contributed by atoms with E-state index < -0.39 is 0 Å². The van der Waals surface area contributed by atoms with Crippen molar-refractivity contribution in [2.75, 3.05) is 0 Å². The first-order valence-electron chi connectivity index (χ1n) is 9.57. The van der Waals surface area contributed by atoms with E-state index in [1.165, 1.54) is 18.4 Å². The van der Waals surface area contributed by atoms with Gasteiger partial charge >= 0.3 is 5.69 Å². The Bertz CT molecular complexity index is 1220. The number of aromatic nitrogens is 4. The number of nitrogens with zero attached hydrogens (tertiary/aromatic N) is 3. The zero-order chi connectivity index (χ0) is 19.1. The van der Waals surface area contributed by atoms with Crippen LogP contribution in [-0.4, -0.2) is 24.6 Å². The van der Waals surface area contributed by atoms with E-state index in [1.807, 2.05) is 24.3 Å². The highest BCUT2D eigenvalue weighted by atomic mass is 16.3. The summed E-state index contributed by atoms with van der Waals surface area (Å²) in [5, 5.41) is 9.77. The third-order valence-electron chi connectivity index (χ3n) is 5.50. The molecule has 0 amide bonds. The maximum atomic E-state index is 12.8. The fraction of sp³-hybridized carbons (Fsp3) is 0.227. The van der Waals surface area contributed by atoms with Crippen molar-refractivity contribution >= 4 is 11.2 Å². The number of phenols is 1. The van der Waals surface area contributed by atoms with E-state index in [1.54, 1.807) is 29.0 Å². The summed E-state index contributed by atoms with van der Waals surface area (Å²) in [5.74, 6) is 1.09. The molecule has 1 fully saturated rings. The van der Waals surface area contributed by atoms with Crippen LogP contribution in [0.25, 0.3) is 28.2 Å². The summed E-state index contributed by atoms with van der Waals surface area (Å²) >= 11 is 0. The van der Waals surface area contributed by atoms with Gasteiger partial charge in [0.1, 0.15) is 11.3 Å². The maximum absolute atomic E-state index is 12.8. The van der Waals surface area contributed by atoms with Gasteiger partial charge in [-0.2, -0.15) is 0 Å². The van der Waals surface area contributed by atoms with E-state index in [-0.39, 0.29) is 11.4 Å². The van der Waals surface area contributed by atoms with Crippen LogP contribution in [0.2, 0.25) is 0 Å². The van der Waals surface area contributed by atoms with Crippen molar-refractivity contribution in [3.05, 3.63) is 70.8 Å². The molecule has 0 saturated heterocycles. The lowest BCUT2D eigenvalue weighted by Crippen LogP contribution is -2.17. The van der Waals surface area contributed by atoms with Gasteiger partial charge in [-0.3, -0.25) is 0 Å². The van der Waals surface area contributed by atoms with Crippen LogP contribution in [0.1, 0.15) is 37.2 Å². The summed E-state index contributed by atoms with van der Waals surface area (Å²) in [6.07, 6.45) is 6.38. The van der Waals surface area contributed by atoms with Gasteiger partial charge in [-0.15, -0.1) is 0 Å². The summed E-state index contributed by atoms with van der Waals surface area (Å²) in [6, 6.07) is 14.9. The van der Waals surface area contributed by atoms with Gasteiger partial charge < -0.3 is 10.1 Å². The largest absolute Gasteiger partial charge is 0.508 e. The Hall–Kier alpha value is -3.41. The molecule has 6 nitrogen and oxygen atoms in total. The SMILES string of the molecule is O=c1[nH]c2cnc(-c3cccc(O)c3)nc2n1-c1ccccc1C1CCCC1. The number of phenolic OH excluding ortho intramolecular Hbond substituents is 1. The number of benzene rings is 2. The summed E-state index contributed by atoms with van der Waals surface area (Å²) in [6.45, 7) is 0. The highest BCUT2D eigenvalue weighted by molar-refractivity contribution is 5.75. The normalized spacial score (nSPS) is 14.7. The Balaban J connectivity index is 1.71. The number of para-hydroxylation sites is 1. The second-order valence-electron chi connectivity index (χ2n) is 7.29. The summed E-state index contributed by atoms with van der Waals surface area (Å²) < 4.78 is 1.65. The number of rotatable bonds is 3. The Kier molecular flexibility index (Phi) is 3.97. The van der Waals surface area contributed by atoms with E-state index in [0.717, 1.165) is 18.5 Å². The lowest BCUT2D eigenvalue weighted by Gasteiger charge is -2.15. The molecule has 6 heteroatoms. The predicted molar refractivity (Wildman–Crippen MR) is 108 cm³/mol. The molecule has 1 saturated carbocycles. The van der Waals surface area contributed by atoms with Gasteiger partial charge in [-0.1, -0.05) is 43.2 Å². The lowest BCUT2D eigenvalue weighted by atomic mass is 9.96. The van der Waals surface area contributed by atoms with Crippen molar-refractivity contribution in [2.24, 2.45) is 0 Å². The molecule has 1 aliphatic carbocycles. The zero-order valence-electron chi connectivity index (χ0n) is 15.3. The molecular formula is C22H20N4O2. The van der Waals surface area contributed by atoms with Crippen LogP contribution >= 0.6 is 0 Å². The zero-order valence-corrected chi connectivity index (χ0v) is 15.3. The van der Waals surface area contributed by atoms with Gasteiger partial charge in [0.25, 0.3) is 0 Å². The Morgan fingerprint density at radius 2 is 1.89 bits per heavy atom. The smallest absolute Gasteiger partial charge is 0.332 e. The van der Waals surface area contributed by atoms with E-state index in [9.17, 15) is 9.90 Å². The minimum absolute atomic E-state index is 0.152. The second kappa shape index (κ2) is 6.64. The molecule has 0 aliphatic heterocycles. The molecule has 140 valence electrons.